The van der Waals surface area contributed by atoms with Gasteiger partial charge in [0.15, 0.2) is 0 Å². The van der Waals surface area contributed by atoms with Crippen molar-refractivity contribution in [2.75, 3.05) is 0 Å². The van der Waals surface area contributed by atoms with E-state index >= 15 is 0 Å². The fourth-order valence-electron chi connectivity index (χ4n) is 1.90. The molecule has 0 aliphatic heterocycles. The predicted octanol–water partition coefficient (Wildman–Crippen LogP) is 3.16. The Kier molecular flexibility index (Phi) is 2.92. The largest absolute Gasteiger partial charge is 0.387 e. The highest BCUT2D eigenvalue weighted by Crippen LogP contribution is 2.22. The van der Waals surface area contributed by atoms with Gasteiger partial charge in [-0.1, -0.05) is 13.0 Å². The molecule has 0 fully saturated rings. The Labute approximate surface area is 96.0 Å². The van der Waals surface area contributed by atoms with Gasteiger partial charge in [-0.3, -0.25) is 4.98 Å². The molecule has 1 aromatic heterocycles. The molecule has 0 radical (unpaired) electrons. The van der Waals surface area contributed by atoms with E-state index in [-0.39, 0.29) is 0 Å². The lowest BCUT2D eigenvalue weighted by molar-refractivity contribution is 0.194. The van der Waals surface area contributed by atoms with E-state index < -0.39 is 6.10 Å². The second-order valence-corrected chi connectivity index (χ2v) is 4.25. The molecule has 2 rings (SSSR count). The summed E-state index contributed by atoms with van der Waals surface area (Å²) in [5.41, 5.74) is 4.21. The molecule has 1 atom stereocenters. The summed E-state index contributed by atoms with van der Waals surface area (Å²) in [6.45, 7) is 5.96. The van der Waals surface area contributed by atoms with Crippen LogP contribution in [0.3, 0.4) is 0 Å². The molecule has 0 spiro atoms. The summed E-state index contributed by atoms with van der Waals surface area (Å²) >= 11 is 0. The minimum atomic E-state index is -0.506. The molecule has 2 heteroatoms. The number of fused-ring (bicyclic) bond motifs is 1. The molecule has 16 heavy (non-hydrogen) atoms. The minimum Gasteiger partial charge on any atom is -0.387 e. The monoisotopic (exact) mass is 215 g/mol. The van der Waals surface area contributed by atoms with Crippen molar-refractivity contribution < 1.29 is 5.11 Å². The summed E-state index contributed by atoms with van der Waals surface area (Å²) in [4.78, 5) is 4.46. The van der Waals surface area contributed by atoms with Crippen LogP contribution in [0.2, 0.25) is 0 Å². The fraction of sp³-hybridized carbons (Fsp3) is 0.357. The van der Waals surface area contributed by atoms with Crippen LogP contribution in [0, 0.1) is 6.92 Å². The maximum atomic E-state index is 9.55. The normalized spacial score (nSPS) is 13.0. The van der Waals surface area contributed by atoms with Crippen molar-refractivity contribution in [3.8, 4) is 0 Å². The van der Waals surface area contributed by atoms with Gasteiger partial charge in [0.2, 0.25) is 0 Å². The molecule has 1 unspecified atom stereocenters. The van der Waals surface area contributed by atoms with E-state index in [0.29, 0.717) is 0 Å². The number of aryl methyl sites for hydroxylation is 2. The topological polar surface area (TPSA) is 33.1 Å². The van der Waals surface area contributed by atoms with Crippen LogP contribution < -0.4 is 0 Å². The molecule has 0 saturated heterocycles. The molecule has 0 amide bonds. The van der Waals surface area contributed by atoms with E-state index in [2.05, 4.69) is 31.0 Å². The number of rotatable bonds is 2. The van der Waals surface area contributed by atoms with Gasteiger partial charge >= 0.3 is 0 Å². The van der Waals surface area contributed by atoms with Gasteiger partial charge in [0.25, 0.3) is 0 Å². The quantitative estimate of drug-likeness (QED) is 0.834. The summed E-state index contributed by atoms with van der Waals surface area (Å²) in [7, 11) is 0. The number of hydrogen-bond acceptors (Lipinski definition) is 2. The maximum Gasteiger partial charge on any atom is 0.0932 e. The lowest BCUT2D eigenvalue weighted by Crippen LogP contribution is -1.97. The SMILES string of the molecule is CCc1ccc2nc(C(C)O)cc(C)c2c1. The van der Waals surface area contributed by atoms with Crippen LogP contribution in [0.15, 0.2) is 24.3 Å². The van der Waals surface area contributed by atoms with Crippen molar-refractivity contribution in [3.05, 3.63) is 41.1 Å². The number of hydrogen-bond donors (Lipinski definition) is 1. The molecular formula is C14H17NO. The average molecular weight is 215 g/mol. The van der Waals surface area contributed by atoms with Gasteiger partial charge < -0.3 is 5.11 Å². The highest BCUT2D eigenvalue weighted by atomic mass is 16.3. The fourth-order valence-corrected chi connectivity index (χ4v) is 1.90. The van der Waals surface area contributed by atoms with E-state index in [1.807, 2.05) is 12.1 Å². The predicted molar refractivity (Wildman–Crippen MR) is 66.5 cm³/mol. The molecule has 0 saturated carbocycles. The van der Waals surface area contributed by atoms with E-state index in [4.69, 9.17) is 0 Å². The van der Waals surface area contributed by atoms with Gasteiger partial charge in [-0.05, 0) is 49.6 Å². The molecule has 1 heterocycles. The van der Waals surface area contributed by atoms with Crippen molar-refractivity contribution in [2.45, 2.75) is 33.3 Å². The van der Waals surface area contributed by atoms with E-state index in [0.717, 1.165) is 17.6 Å². The first-order valence-electron chi connectivity index (χ1n) is 5.70. The van der Waals surface area contributed by atoms with Crippen LogP contribution in [0.1, 0.15) is 36.8 Å². The van der Waals surface area contributed by atoms with Crippen molar-refractivity contribution in [1.29, 1.82) is 0 Å². The molecule has 84 valence electrons. The Bertz CT molecular complexity index is 517. The Morgan fingerprint density at radius 2 is 2.06 bits per heavy atom. The van der Waals surface area contributed by atoms with Gasteiger partial charge in [0.05, 0.1) is 17.3 Å². The van der Waals surface area contributed by atoms with Crippen LogP contribution in [-0.4, -0.2) is 10.1 Å². The summed E-state index contributed by atoms with van der Waals surface area (Å²) in [5, 5.41) is 10.7. The summed E-state index contributed by atoms with van der Waals surface area (Å²) in [5.74, 6) is 0. The van der Waals surface area contributed by atoms with Gasteiger partial charge in [-0.2, -0.15) is 0 Å². The van der Waals surface area contributed by atoms with Crippen LogP contribution >= 0.6 is 0 Å². The Hall–Kier alpha value is -1.41. The minimum absolute atomic E-state index is 0.506. The Morgan fingerprint density at radius 3 is 2.69 bits per heavy atom. The third kappa shape index (κ3) is 1.93. The molecule has 0 aliphatic rings. The third-order valence-corrected chi connectivity index (χ3v) is 2.94. The van der Waals surface area contributed by atoms with E-state index in [9.17, 15) is 5.11 Å². The number of aliphatic hydroxyl groups is 1. The second kappa shape index (κ2) is 4.22. The molecule has 2 nitrogen and oxygen atoms in total. The van der Waals surface area contributed by atoms with E-state index in [1.54, 1.807) is 6.92 Å². The number of benzene rings is 1. The van der Waals surface area contributed by atoms with Crippen molar-refractivity contribution in [1.82, 2.24) is 4.98 Å². The Morgan fingerprint density at radius 1 is 1.31 bits per heavy atom. The summed E-state index contributed by atoms with van der Waals surface area (Å²) < 4.78 is 0. The van der Waals surface area contributed by atoms with Crippen LogP contribution in [0.25, 0.3) is 10.9 Å². The second-order valence-electron chi connectivity index (χ2n) is 4.25. The lowest BCUT2D eigenvalue weighted by atomic mass is 10.0. The standard InChI is InChI=1S/C14H17NO/c1-4-11-5-6-13-12(8-11)9(2)7-14(15-13)10(3)16/h5-8,10,16H,4H2,1-3H3. The van der Waals surface area contributed by atoms with Gasteiger partial charge in [0.1, 0.15) is 0 Å². The molecule has 0 aliphatic carbocycles. The maximum absolute atomic E-state index is 9.55. The van der Waals surface area contributed by atoms with Crippen LogP contribution in [-0.2, 0) is 6.42 Å². The van der Waals surface area contributed by atoms with Crippen LogP contribution in [0.4, 0.5) is 0 Å². The number of pyridine rings is 1. The van der Waals surface area contributed by atoms with Crippen molar-refractivity contribution >= 4 is 10.9 Å². The highest BCUT2D eigenvalue weighted by molar-refractivity contribution is 5.83. The smallest absolute Gasteiger partial charge is 0.0932 e. The molecular weight excluding hydrogens is 198 g/mol. The first kappa shape index (κ1) is 11.1. The molecule has 1 aromatic carbocycles. The summed E-state index contributed by atoms with van der Waals surface area (Å²) in [6, 6.07) is 8.28. The first-order valence-corrected chi connectivity index (χ1v) is 5.70. The Balaban J connectivity index is 2.66. The number of nitrogens with zero attached hydrogens (tertiary/aromatic N) is 1. The lowest BCUT2D eigenvalue weighted by Gasteiger charge is -2.09. The zero-order valence-electron chi connectivity index (χ0n) is 9.99. The molecule has 1 N–H and O–H groups in total. The molecule has 2 aromatic rings. The number of aromatic nitrogens is 1. The van der Waals surface area contributed by atoms with Crippen molar-refractivity contribution in [2.24, 2.45) is 0 Å². The zero-order valence-corrected chi connectivity index (χ0v) is 9.99. The van der Waals surface area contributed by atoms with Crippen molar-refractivity contribution in [3.63, 3.8) is 0 Å². The highest BCUT2D eigenvalue weighted by Gasteiger charge is 2.07. The van der Waals surface area contributed by atoms with Gasteiger partial charge in [0, 0.05) is 5.39 Å². The van der Waals surface area contributed by atoms with Gasteiger partial charge in [-0.15, -0.1) is 0 Å². The summed E-state index contributed by atoms with van der Waals surface area (Å²) in [6.07, 6.45) is 0.530. The first-order chi connectivity index (χ1) is 7.61. The van der Waals surface area contributed by atoms with Gasteiger partial charge in [-0.25, -0.2) is 0 Å². The van der Waals surface area contributed by atoms with E-state index in [1.165, 1.54) is 16.5 Å². The zero-order chi connectivity index (χ0) is 11.7. The van der Waals surface area contributed by atoms with Crippen LogP contribution in [0.5, 0.6) is 0 Å². The number of aliphatic hydroxyl groups excluding tert-OH is 1. The average Bonchev–Trinajstić information content (AvgIpc) is 2.28. The molecule has 0 bridgehead atoms. The third-order valence-electron chi connectivity index (χ3n) is 2.94.